The normalized spacial score (nSPS) is 19.9. The lowest BCUT2D eigenvalue weighted by Crippen LogP contribution is -2.41. The van der Waals surface area contributed by atoms with E-state index in [0.717, 1.165) is 18.9 Å². The molecular weight excluding hydrogens is 349 g/mol. The van der Waals surface area contributed by atoms with E-state index in [9.17, 15) is 26.4 Å². The number of hydrogen-bond acceptors (Lipinski definition) is 5. The largest absolute Gasteiger partial charge is 0.417 e. The molecule has 2 unspecified atom stereocenters. The summed E-state index contributed by atoms with van der Waals surface area (Å²) in [6.07, 6.45) is -2.66. The number of nitrogens with one attached hydrogen (secondary N) is 1. The first-order valence-electron chi connectivity index (χ1n) is 7.29. The summed E-state index contributed by atoms with van der Waals surface area (Å²) < 4.78 is 67.4. The molecule has 1 N–H and O–H groups in total. The first kappa shape index (κ1) is 18.7. The molecule has 2 rings (SSSR count). The summed E-state index contributed by atoms with van der Waals surface area (Å²) in [5.41, 5.74) is -1.06. The number of carbonyl (C=O) groups excluding carboxylic acids is 1. The zero-order valence-electron chi connectivity index (χ0n) is 12.8. The molecule has 1 aromatic rings. The lowest BCUT2D eigenvalue weighted by Gasteiger charge is -2.15. The first-order valence-corrected chi connectivity index (χ1v) is 8.83. The van der Waals surface area contributed by atoms with E-state index in [1.165, 1.54) is 6.92 Å². The number of aromatic nitrogens is 1. The minimum absolute atomic E-state index is 0.145. The van der Waals surface area contributed by atoms with Gasteiger partial charge in [-0.2, -0.15) is 13.2 Å². The summed E-state index contributed by atoms with van der Waals surface area (Å²) in [6.45, 7) is 1.96. The molecule has 1 aromatic heterocycles. The zero-order valence-corrected chi connectivity index (χ0v) is 13.7. The predicted molar refractivity (Wildman–Crippen MR) is 77.9 cm³/mol. The quantitative estimate of drug-likeness (QED) is 0.855. The molecule has 1 fully saturated rings. The number of rotatable bonds is 5. The summed E-state index contributed by atoms with van der Waals surface area (Å²) in [5.74, 6) is -0.743. The van der Waals surface area contributed by atoms with Crippen LogP contribution in [0.2, 0.25) is 0 Å². The molecule has 1 saturated heterocycles. The van der Waals surface area contributed by atoms with Crippen molar-refractivity contribution < 1.29 is 31.1 Å². The van der Waals surface area contributed by atoms with Crippen LogP contribution in [0, 0.1) is 0 Å². The molecule has 6 nitrogen and oxygen atoms in total. The van der Waals surface area contributed by atoms with Gasteiger partial charge in [0.15, 0.2) is 5.03 Å². The van der Waals surface area contributed by atoms with Crippen LogP contribution < -0.4 is 5.32 Å². The van der Waals surface area contributed by atoms with Crippen LogP contribution in [-0.4, -0.2) is 43.8 Å². The van der Waals surface area contributed by atoms with Gasteiger partial charge in [0.25, 0.3) is 0 Å². The molecule has 1 aliphatic heterocycles. The Balaban J connectivity index is 2.06. The van der Waals surface area contributed by atoms with Crippen molar-refractivity contribution in [2.75, 3.05) is 13.2 Å². The van der Waals surface area contributed by atoms with E-state index in [0.29, 0.717) is 18.9 Å². The fraction of sp³-hybridized carbons (Fsp3) is 0.571. The Morgan fingerprint density at radius 3 is 2.67 bits per heavy atom. The third kappa shape index (κ3) is 4.23. The van der Waals surface area contributed by atoms with Gasteiger partial charge in [0.2, 0.25) is 15.7 Å². The topological polar surface area (TPSA) is 85.4 Å². The smallest absolute Gasteiger partial charge is 0.376 e. The highest BCUT2D eigenvalue weighted by molar-refractivity contribution is 7.92. The Morgan fingerprint density at radius 1 is 1.46 bits per heavy atom. The number of ether oxygens (including phenoxy) is 1. The molecule has 134 valence electrons. The molecule has 0 spiro atoms. The lowest BCUT2D eigenvalue weighted by molar-refractivity contribution is -0.137. The van der Waals surface area contributed by atoms with Gasteiger partial charge < -0.3 is 10.1 Å². The predicted octanol–water partition coefficient (Wildman–Crippen LogP) is 1.56. The van der Waals surface area contributed by atoms with E-state index in [1.807, 2.05) is 0 Å². The Morgan fingerprint density at radius 2 is 2.17 bits per heavy atom. The average Bonchev–Trinajstić information content (AvgIpc) is 3.04. The van der Waals surface area contributed by atoms with Gasteiger partial charge in [0.1, 0.15) is 5.25 Å². The van der Waals surface area contributed by atoms with Gasteiger partial charge >= 0.3 is 6.18 Å². The maximum absolute atomic E-state index is 12.5. The van der Waals surface area contributed by atoms with Crippen molar-refractivity contribution in [2.45, 2.75) is 42.3 Å². The Kier molecular flexibility index (Phi) is 5.49. The first-order chi connectivity index (χ1) is 11.1. The molecule has 1 aliphatic rings. The van der Waals surface area contributed by atoms with Crippen molar-refractivity contribution in [1.29, 1.82) is 0 Å². The molecule has 0 bridgehead atoms. The van der Waals surface area contributed by atoms with Gasteiger partial charge in [-0.3, -0.25) is 4.79 Å². The SMILES string of the molecule is CC(C(=O)NCC1CCCO1)S(=O)(=O)c1ccc(C(F)(F)F)cn1. The van der Waals surface area contributed by atoms with Crippen molar-refractivity contribution in [3.05, 3.63) is 23.9 Å². The molecule has 2 atom stereocenters. The van der Waals surface area contributed by atoms with Crippen LogP contribution in [0.3, 0.4) is 0 Å². The molecule has 0 aromatic carbocycles. The van der Waals surface area contributed by atoms with E-state index in [4.69, 9.17) is 4.74 Å². The van der Waals surface area contributed by atoms with Gasteiger partial charge in [-0.15, -0.1) is 0 Å². The standard InChI is InChI=1S/C14H17F3N2O4S/c1-9(13(20)19-8-11-3-2-6-23-11)24(21,22)12-5-4-10(7-18-12)14(15,16)17/h4-5,7,9,11H,2-3,6,8H2,1H3,(H,19,20). The van der Waals surface area contributed by atoms with Crippen molar-refractivity contribution in [3.63, 3.8) is 0 Å². The molecule has 0 radical (unpaired) electrons. The number of pyridine rings is 1. The maximum atomic E-state index is 12.5. The number of sulfone groups is 1. The molecule has 0 saturated carbocycles. The molecule has 24 heavy (non-hydrogen) atoms. The minimum Gasteiger partial charge on any atom is -0.376 e. The number of hydrogen-bond donors (Lipinski definition) is 1. The molecule has 1 amide bonds. The van der Waals surface area contributed by atoms with Crippen LogP contribution >= 0.6 is 0 Å². The van der Waals surface area contributed by atoms with Crippen molar-refractivity contribution in [1.82, 2.24) is 10.3 Å². The van der Waals surface area contributed by atoms with Crippen LogP contribution in [0.5, 0.6) is 0 Å². The van der Waals surface area contributed by atoms with Gasteiger partial charge in [0, 0.05) is 19.3 Å². The number of halogens is 3. The second-order valence-corrected chi connectivity index (χ2v) is 7.67. The van der Waals surface area contributed by atoms with E-state index in [1.54, 1.807) is 0 Å². The monoisotopic (exact) mass is 366 g/mol. The fourth-order valence-electron chi connectivity index (χ4n) is 2.20. The number of amides is 1. The van der Waals surface area contributed by atoms with Crippen molar-refractivity contribution in [2.24, 2.45) is 0 Å². The minimum atomic E-state index is -4.61. The third-order valence-corrected chi connectivity index (χ3v) is 5.69. The molecular formula is C14H17F3N2O4S. The van der Waals surface area contributed by atoms with Crippen LogP contribution in [0.1, 0.15) is 25.3 Å². The number of nitrogens with zero attached hydrogens (tertiary/aromatic N) is 1. The highest BCUT2D eigenvalue weighted by Gasteiger charge is 2.34. The molecule has 2 heterocycles. The highest BCUT2D eigenvalue weighted by Crippen LogP contribution is 2.29. The van der Waals surface area contributed by atoms with Crippen LogP contribution in [0.25, 0.3) is 0 Å². The van der Waals surface area contributed by atoms with Gasteiger partial charge in [-0.1, -0.05) is 0 Å². The van der Waals surface area contributed by atoms with Gasteiger partial charge in [-0.25, -0.2) is 13.4 Å². The van der Waals surface area contributed by atoms with Crippen LogP contribution in [0.15, 0.2) is 23.4 Å². The van der Waals surface area contributed by atoms with E-state index < -0.39 is 37.8 Å². The third-order valence-electron chi connectivity index (χ3n) is 3.72. The summed E-state index contributed by atoms with van der Waals surface area (Å²) >= 11 is 0. The maximum Gasteiger partial charge on any atom is 0.417 e. The number of carbonyl (C=O) groups is 1. The Hall–Kier alpha value is -1.68. The zero-order chi connectivity index (χ0) is 18.0. The summed E-state index contributed by atoms with van der Waals surface area (Å²) in [4.78, 5) is 15.3. The summed E-state index contributed by atoms with van der Waals surface area (Å²) in [7, 11) is -4.18. The van der Waals surface area contributed by atoms with Crippen molar-refractivity contribution >= 4 is 15.7 Å². The summed E-state index contributed by atoms with van der Waals surface area (Å²) in [6, 6.07) is 1.37. The van der Waals surface area contributed by atoms with Crippen LogP contribution in [0.4, 0.5) is 13.2 Å². The van der Waals surface area contributed by atoms with E-state index in [2.05, 4.69) is 10.3 Å². The highest BCUT2D eigenvalue weighted by atomic mass is 32.2. The Bertz CT molecular complexity index is 683. The van der Waals surface area contributed by atoms with E-state index >= 15 is 0 Å². The van der Waals surface area contributed by atoms with Crippen molar-refractivity contribution in [3.8, 4) is 0 Å². The molecule has 0 aliphatic carbocycles. The second kappa shape index (κ2) is 7.06. The fourth-order valence-corrected chi connectivity index (χ4v) is 3.39. The second-order valence-electron chi connectivity index (χ2n) is 5.45. The lowest BCUT2D eigenvalue weighted by atomic mass is 10.2. The van der Waals surface area contributed by atoms with Gasteiger partial charge in [-0.05, 0) is 31.9 Å². The summed E-state index contributed by atoms with van der Waals surface area (Å²) in [5, 5.41) is 0.442. The van der Waals surface area contributed by atoms with E-state index in [-0.39, 0.29) is 12.6 Å². The Labute approximate surface area is 137 Å². The molecule has 10 heteroatoms. The van der Waals surface area contributed by atoms with Crippen LogP contribution in [-0.2, 0) is 25.5 Å². The average molecular weight is 366 g/mol. The van der Waals surface area contributed by atoms with Gasteiger partial charge in [0.05, 0.1) is 11.7 Å². The number of alkyl halides is 3.